The Morgan fingerprint density at radius 3 is 2.38 bits per heavy atom. The topological polar surface area (TPSA) is 13.1 Å². The summed E-state index contributed by atoms with van der Waals surface area (Å²) in [7, 11) is 0. The van der Waals surface area contributed by atoms with Crippen molar-refractivity contribution in [3.63, 3.8) is 0 Å². The molecule has 0 spiro atoms. The molecule has 0 aliphatic carbocycles. The molecule has 1 aromatic heterocycles. The Kier molecular flexibility index (Phi) is 2.18. The molecule has 6 heteroatoms. The molecule has 0 aliphatic heterocycles. The van der Waals surface area contributed by atoms with Gasteiger partial charge >= 0.3 is 12.1 Å². The molecule has 85 valence electrons. The number of alkyl halides is 5. The zero-order chi connectivity index (χ0) is 12.0. The molecule has 1 radical (unpaired) electrons. The van der Waals surface area contributed by atoms with E-state index in [4.69, 9.17) is 0 Å². The van der Waals surface area contributed by atoms with Crippen LogP contribution >= 0.6 is 0 Å². The first-order valence-corrected chi connectivity index (χ1v) is 4.17. The van der Waals surface area contributed by atoms with Gasteiger partial charge in [-0.3, -0.25) is 0 Å². The van der Waals surface area contributed by atoms with Crippen molar-refractivity contribution >= 4 is 11.0 Å². The molecule has 0 fully saturated rings. The second-order valence-electron chi connectivity index (χ2n) is 3.16. The van der Waals surface area contributed by atoms with Gasteiger partial charge in [0.1, 0.15) is 5.58 Å². The van der Waals surface area contributed by atoms with Crippen molar-refractivity contribution < 1.29 is 26.4 Å². The molecule has 2 rings (SSSR count). The summed E-state index contributed by atoms with van der Waals surface area (Å²) in [5.74, 6) is -4.93. The first-order chi connectivity index (χ1) is 7.34. The van der Waals surface area contributed by atoms with Gasteiger partial charge in [0, 0.05) is 5.39 Å². The van der Waals surface area contributed by atoms with Crippen molar-refractivity contribution in [1.82, 2.24) is 0 Å². The number of hydrogen-bond acceptors (Lipinski definition) is 1. The van der Waals surface area contributed by atoms with E-state index >= 15 is 0 Å². The third-order valence-electron chi connectivity index (χ3n) is 2.12. The highest BCUT2D eigenvalue weighted by molar-refractivity contribution is 5.80. The highest BCUT2D eigenvalue weighted by atomic mass is 19.4. The standard InChI is InChI=1S/C10H4F5O/c11-9(12,10(13,14)15)7-3-1-2-6-4-5-16-8(6)7/h1-4H. The molecule has 0 amide bonds. The van der Waals surface area contributed by atoms with Crippen LogP contribution in [0.1, 0.15) is 5.56 Å². The molecule has 0 aliphatic rings. The van der Waals surface area contributed by atoms with Crippen LogP contribution in [0.2, 0.25) is 0 Å². The number of benzene rings is 1. The number of para-hydroxylation sites is 1. The Labute approximate surface area is 86.5 Å². The Hall–Kier alpha value is -1.59. The lowest BCUT2D eigenvalue weighted by atomic mass is 10.1. The zero-order valence-corrected chi connectivity index (χ0v) is 7.61. The smallest absolute Gasteiger partial charge is 0.452 e. The van der Waals surface area contributed by atoms with Gasteiger partial charge in [0.25, 0.3) is 0 Å². The van der Waals surface area contributed by atoms with E-state index in [1.54, 1.807) is 0 Å². The van der Waals surface area contributed by atoms with Crippen LogP contribution in [-0.4, -0.2) is 6.18 Å². The highest BCUT2D eigenvalue weighted by Gasteiger charge is 2.59. The van der Waals surface area contributed by atoms with Gasteiger partial charge in [-0.2, -0.15) is 22.0 Å². The summed E-state index contributed by atoms with van der Waals surface area (Å²) in [6.07, 6.45) is -3.52. The molecule has 1 aromatic carbocycles. The van der Waals surface area contributed by atoms with Crippen molar-refractivity contribution in [1.29, 1.82) is 0 Å². The fourth-order valence-corrected chi connectivity index (χ4v) is 1.33. The molecule has 1 nitrogen and oxygen atoms in total. The lowest BCUT2D eigenvalue weighted by Crippen LogP contribution is -2.33. The minimum absolute atomic E-state index is 0.154. The molecule has 0 unspecified atom stereocenters. The van der Waals surface area contributed by atoms with Crippen molar-refractivity contribution in [3.05, 3.63) is 36.1 Å². The number of fused-ring (bicyclic) bond motifs is 1. The Morgan fingerprint density at radius 2 is 1.75 bits per heavy atom. The van der Waals surface area contributed by atoms with Crippen LogP contribution in [0.4, 0.5) is 22.0 Å². The summed E-state index contributed by atoms with van der Waals surface area (Å²) in [6.45, 7) is 0. The molecular formula is C10H4F5O. The van der Waals surface area contributed by atoms with E-state index in [1.165, 1.54) is 12.1 Å². The number of halogens is 5. The fourth-order valence-electron chi connectivity index (χ4n) is 1.33. The quantitative estimate of drug-likeness (QED) is 0.683. The molecule has 0 saturated carbocycles. The van der Waals surface area contributed by atoms with E-state index in [2.05, 4.69) is 10.7 Å². The lowest BCUT2D eigenvalue weighted by molar-refractivity contribution is -0.289. The Morgan fingerprint density at radius 1 is 1.06 bits per heavy atom. The van der Waals surface area contributed by atoms with Gasteiger partial charge in [0.15, 0.2) is 6.26 Å². The highest BCUT2D eigenvalue weighted by Crippen LogP contribution is 2.46. The second kappa shape index (κ2) is 3.20. The average molecular weight is 235 g/mol. The van der Waals surface area contributed by atoms with Gasteiger partial charge in [-0.25, -0.2) is 0 Å². The van der Waals surface area contributed by atoms with Gasteiger partial charge in [0.05, 0.1) is 5.56 Å². The van der Waals surface area contributed by atoms with E-state index < -0.39 is 23.2 Å². The van der Waals surface area contributed by atoms with Crippen LogP contribution in [0.15, 0.2) is 28.7 Å². The van der Waals surface area contributed by atoms with Crippen molar-refractivity contribution in [2.75, 3.05) is 0 Å². The van der Waals surface area contributed by atoms with Crippen LogP contribution in [0, 0.1) is 6.26 Å². The summed E-state index contributed by atoms with van der Waals surface area (Å²) in [5, 5.41) is 0.154. The molecule has 0 bridgehead atoms. The molecule has 0 saturated heterocycles. The number of hydrogen-bond donors (Lipinski definition) is 0. The van der Waals surface area contributed by atoms with Crippen molar-refractivity contribution in [3.8, 4) is 0 Å². The minimum Gasteiger partial charge on any atom is -0.452 e. The van der Waals surface area contributed by atoms with Gasteiger partial charge < -0.3 is 4.42 Å². The predicted octanol–water partition coefficient (Wildman–Crippen LogP) is 3.89. The van der Waals surface area contributed by atoms with E-state index in [0.29, 0.717) is 6.07 Å². The van der Waals surface area contributed by atoms with E-state index in [0.717, 1.165) is 6.07 Å². The predicted molar refractivity (Wildman–Crippen MR) is 45.0 cm³/mol. The summed E-state index contributed by atoms with van der Waals surface area (Å²) in [4.78, 5) is 0. The monoisotopic (exact) mass is 235 g/mol. The molecule has 0 atom stereocenters. The summed E-state index contributed by atoms with van der Waals surface area (Å²) >= 11 is 0. The minimum atomic E-state index is -5.64. The van der Waals surface area contributed by atoms with Crippen LogP contribution in [-0.2, 0) is 5.92 Å². The Balaban J connectivity index is 2.68. The summed E-state index contributed by atoms with van der Waals surface area (Å²) in [6, 6.07) is 4.37. The fraction of sp³-hybridized carbons (Fsp3) is 0.200. The average Bonchev–Trinajstić information content (AvgIpc) is 2.62. The summed E-state index contributed by atoms with van der Waals surface area (Å²) in [5.41, 5.74) is -1.69. The molecule has 0 N–H and O–H groups in total. The summed E-state index contributed by atoms with van der Waals surface area (Å²) < 4.78 is 67.1. The number of rotatable bonds is 1. The maximum atomic E-state index is 13.1. The van der Waals surface area contributed by atoms with Crippen molar-refractivity contribution in [2.45, 2.75) is 12.1 Å². The maximum absolute atomic E-state index is 13.1. The van der Waals surface area contributed by atoms with Crippen LogP contribution < -0.4 is 0 Å². The molecular weight excluding hydrogens is 231 g/mol. The van der Waals surface area contributed by atoms with Gasteiger partial charge in [-0.1, -0.05) is 12.1 Å². The van der Waals surface area contributed by atoms with Crippen molar-refractivity contribution in [2.24, 2.45) is 0 Å². The van der Waals surface area contributed by atoms with E-state index in [9.17, 15) is 22.0 Å². The van der Waals surface area contributed by atoms with Gasteiger partial charge in [0.2, 0.25) is 0 Å². The maximum Gasteiger partial charge on any atom is 0.458 e. The SMILES string of the molecule is FC(F)(F)C(F)(F)c1cccc2c[c]oc12. The molecule has 16 heavy (non-hydrogen) atoms. The Bertz CT molecular complexity index is 511. The second-order valence-corrected chi connectivity index (χ2v) is 3.16. The lowest BCUT2D eigenvalue weighted by Gasteiger charge is -2.19. The largest absolute Gasteiger partial charge is 0.458 e. The van der Waals surface area contributed by atoms with E-state index in [-0.39, 0.29) is 5.39 Å². The van der Waals surface area contributed by atoms with Crippen LogP contribution in [0.3, 0.4) is 0 Å². The van der Waals surface area contributed by atoms with Gasteiger partial charge in [-0.15, -0.1) is 0 Å². The third kappa shape index (κ3) is 1.45. The normalized spacial score (nSPS) is 13.3. The molecule has 1 heterocycles. The molecule has 2 aromatic rings. The third-order valence-corrected chi connectivity index (χ3v) is 2.12. The van der Waals surface area contributed by atoms with Gasteiger partial charge in [-0.05, 0) is 12.1 Å². The number of furan rings is 1. The van der Waals surface area contributed by atoms with Crippen LogP contribution in [0.5, 0.6) is 0 Å². The first-order valence-electron chi connectivity index (χ1n) is 4.17. The van der Waals surface area contributed by atoms with E-state index in [1.807, 2.05) is 0 Å². The zero-order valence-electron chi connectivity index (χ0n) is 7.61. The first kappa shape index (κ1) is 10.9. The van der Waals surface area contributed by atoms with Crippen LogP contribution in [0.25, 0.3) is 11.0 Å².